The van der Waals surface area contributed by atoms with Crippen LogP contribution in [0.5, 0.6) is 34.5 Å². The van der Waals surface area contributed by atoms with Crippen LogP contribution >= 0.6 is 0 Å². The molecule has 0 saturated heterocycles. The van der Waals surface area contributed by atoms with Crippen LogP contribution in [-0.4, -0.2) is 32.8 Å². The molecular formula is C25H15F3O9. The fraction of sp³-hybridized carbons (Fsp3) is 0.120. The Bertz CT molecular complexity index is 1640. The number of alkyl halides is 3. The van der Waals surface area contributed by atoms with Crippen molar-refractivity contribution >= 4 is 16.9 Å². The number of ether oxygens (including phenoxy) is 2. The number of carbonyl (C=O) groups excluding carboxylic acids is 1. The van der Waals surface area contributed by atoms with Crippen LogP contribution in [0.3, 0.4) is 0 Å². The molecule has 0 bridgehead atoms. The fourth-order valence-electron chi connectivity index (χ4n) is 4.29. The lowest BCUT2D eigenvalue weighted by Crippen LogP contribution is -2.24. The summed E-state index contributed by atoms with van der Waals surface area (Å²) in [5, 5.41) is 40.0. The predicted octanol–water partition coefficient (Wildman–Crippen LogP) is 4.62. The highest BCUT2D eigenvalue weighted by Gasteiger charge is 2.38. The van der Waals surface area contributed by atoms with Crippen molar-refractivity contribution in [2.75, 3.05) is 0 Å². The van der Waals surface area contributed by atoms with Gasteiger partial charge in [-0.2, -0.15) is 0 Å². The predicted molar refractivity (Wildman–Crippen MR) is 120 cm³/mol. The van der Waals surface area contributed by atoms with Gasteiger partial charge >= 0.3 is 12.3 Å². The molecule has 0 aliphatic carbocycles. The molecule has 4 aromatic rings. The number of rotatable bonds is 3. The summed E-state index contributed by atoms with van der Waals surface area (Å²) in [6, 6.07) is 9.29. The standard InChI is InChI=1S/C25H15F3O9/c26-25(27,28)37-16-4-2-1-3-11(16)12-8-18(32)35-17-9-15(31)20-21(33)22(34)23(36-24(20)19(12)17)10-5-6-13(29)14(30)7-10/h1-7,9,12,29-31,34H,8H2/t12-/m0/s1. The van der Waals surface area contributed by atoms with Crippen LogP contribution in [0.4, 0.5) is 13.2 Å². The first-order valence-corrected chi connectivity index (χ1v) is 10.6. The number of benzene rings is 3. The molecule has 0 radical (unpaired) electrons. The fourth-order valence-corrected chi connectivity index (χ4v) is 4.29. The van der Waals surface area contributed by atoms with Crippen LogP contribution in [0.25, 0.3) is 22.3 Å². The Labute approximate surface area is 204 Å². The number of hydrogen-bond acceptors (Lipinski definition) is 9. The number of carbonyl (C=O) groups is 1. The molecule has 1 aliphatic rings. The van der Waals surface area contributed by atoms with E-state index in [1.54, 1.807) is 0 Å². The Kier molecular flexibility index (Phi) is 5.39. The first kappa shape index (κ1) is 23.9. The molecule has 0 amide bonds. The number of halogens is 3. The molecule has 1 aliphatic heterocycles. The summed E-state index contributed by atoms with van der Waals surface area (Å²) in [5.74, 6) is -6.11. The maximum absolute atomic E-state index is 13.1. The number of hydrogen-bond donors (Lipinski definition) is 4. The quantitative estimate of drug-likeness (QED) is 0.174. The average molecular weight is 516 g/mol. The second-order valence-electron chi connectivity index (χ2n) is 8.14. The monoisotopic (exact) mass is 516 g/mol. The number of phenolic OH excluding ortho intramolecular Hbond substituents is 3. The lowest BCUT2D eigenvalue weighted by Gasteiger charge is -2.27. The summed E-state index contributed by atoms with van der Waals surface area (Å²) >= 11 is 0. The summed E-state index contributed by atoms with van der Waals surface area (Å²) in [6.45, 7) is 0. The minimum absolute atomic E-state index is 0.0472. The third-order valence-corrected chi connectivity index (χ3v) is 5.82. The normalized spacial score (nSPS) is 15.3. The minimum atomic E-state index is -5.04. The van der Waals surface area contributed by atoms with Gasteiger partial charge in [-0.25, -0.2) is 0 Å². The first-order valence-electron chi connectivity index (χ1n) is 10.6. The topological polar surface area (TPSA) is 147 Å². The zero-order chi connectivity index (χ0) is 26.6. The van der Waals surface area contributed by atoms with Gasteiger partial charge in [-0.1, -0.05) is 18.2 Å². The molecule has 5 rings (SSSR count). The van der Waals surface area contributed by atoms with E-state index in [1.807, 2.05) is 0 Å². The van der Waals surface area contributed by atoms with Crippen molar-refractivity contribution < 1.29 is 52.3 Å². The molecule has 0 fully saturated rings. The van der Waals surface area contributed by atoms with Gasteiger partial charge in [0.05, 0.1) is 6.42 Å². The molecule has 1 aromatic heterocycles. The van der Waals surface area contributed by atoms with Gasteiger partial charge in [-0.3, -0.25) is 9.59 Å². The van der Waals surface area contributed by atoms with Crippen molar-refractivity contribution in [3.05, 3.63) is 69.9 Å². The third kappa shape index (κ3) is 4.11. The summed E-state index contributed by atoms with van der Waals surface area (Å²) in [5.41, 5.74) is -1.65. The maximum Gasteiger partial charge on any atom is 0.573 e. The van der Waals surface area contributed by atoms with Gasteiger partial charge in [-0.05, 0) is 24.3 Å². The summed E-state index contributed by atoms with van der Waals surface area (Å²) in [4.78, 5) is 25.5. The summed E-state index contributed by atoms with van der Waals surface area (Å²) < 4.78 is 54.4. The largest absolute Gasteiger partial charge is 0.573 e. The summed E-state index contributed by atoms with van der Waals surface area (Å²) in [7, 11) is 0. The molecule has 4 N–H and O–H groups in total. The molecule has 2 heterocycles. The lowest BCUT2D eigenvalue weighted by atomic mass is 9.84. The number of para-hydroxylation sites is 1. The number of aromatic hydroxyl groups is 4. The molecular weight excluding hydrogens is 501 g/mol. The second kappa shape index (κ2) is 8.36. The average Bonchev–Trinajstić information content (AvgIpc) is 2.81. The highest BCUT2D eigenvalue weighted by molar-refractivity contribution is 5.94. The van der Waals surface area contributed by atoms with E-state index in [9.17, 15) is 43.2 Å². The van der Waals surface area contributed by atoms with E-state index in [1.165, 1.54) is 24.3 Å². The van der Waals surface area contributed by atoms with Gasteiger partial charge in [0.25, 0.3) is 0 Å². The van der Waals surface area contributed by atoms with Gasteiger partial charge < -0.3 is 34.3 Å². The smallest absolute Gasteiger partial charge is 0.507 e. The van der Waals surface area contributed by atoms with E-state index in [4.69, 9.17) is 9.15 Å². The van der Waals surface area contributed by atoms with E-state index >= 15 is 0 Å². The highest BCUT2D eigenvalue weighted by Crippen LogP contribution is 2.49. The van der Waals surface area contributed by atoms with E-state index in [2.05, 4.69) is 4.74 Å². The van der Waals surface area contributed by atoms with E-state index < -0.39 is 70.0 Å². The van der Waals surface area contributed by atoms with Crippen molar-refractivity contribution in [1.82, 2.24) is 0 Å². The van der Waals surface area contributed by atoms with Gasteiger partial charge in [0.1, 0.15) is 28.2 Å². The van der Waals surface area contributed by atoms with Gasteiger partial charge in [0.15, 0.2) is 17.3 Å². The first-order chi connectivity index (χ1) is 17.4. The van der Waals surface area contributed by atoms with E-state index in [0.29, 0.717) is 0 Å². The number of phenols is 3. The molecule has 190 valence electrons. The van der Waals surface area contributed by atoms with Crippen LogP contribution in [0.2, 0.25) is 0 Å². The molecule has 9 nitrogen and oxygen atoms in total. The molecule has 0 spiro atoms. The molecule has 12 heteroatoms. The van der Waals surface area contributed by atoms with Gasteiger partial charge in [-0.15, -0.1) is 13.2 Å². The second-order valence-corrected chi connectivity index (χ2v) is 8.14. The van der Waals surface area contributed by atoms with Crippen molar-refractivity contribution in [3.8, 4) is 45.8 Å². The van der Waals surface area contributed by atoms with Crippen molar-refractivity contribution in [1.29, 1.82) is 0 Å². The maximum atomic E-state index is 13.1. The van der Waals surface area contributed by atoms with E-state index in [-0.39, 0.29) is 28.0 Å². The van der Waals surface area contributed by atoms with Crippen molar-refractivity contribution in [2.24, 2.45) is 0 Å². The van der Waals surface area contributed by atoms with Crippen LogP contribution in [0.1, 0.15) is 23.5 Å². The lowest BCUT2D eigenvalue weighted by molar-refractivity contribution is -0.274. The zero-order valence-corrected chi connectivity index (χ0v) is 18.4. The van der Waals surface area contributed by atoms with Crippen molar-refractivity contribution in [3.63, 3.8) is 0 Å². The van der Waals surface area contributed by atoms with Gasteiger partial charge in [0, 0.05) is 28.7 Å². The Hall–Kier alpha value is -4.87. The summed E-state index contributed by atoms with van der Waals surface area (Å²) in [6.07, 6.45) is -5.51. The molecule has 0 unspecified atom stereocenters. The Morgan fingerprint density at radius 2 is 1.65 bits per heavy atom. The Balaban J connectivity index is 1.83. The molecule has 37 heavy (non-hydrogen) atoms. The Morgan fingerprint density at radius 3 is 2.35 bits per heavy atom. The van der Waals surface area contributed by atoms with E-state index in [0.717, 1.165) is 24.3 Å². The van der Waals surface area contributed by atoms with Gasteiger partial charge in [0.2, 0.25) is 11.2 Å². The molecule has 1 atom stereocenters. The van der Waals surface area contributed by atoms with Crippen LogP contribution in [-0.2, 0) is 4.79 Å². The number of esters is 1. The van der Waals surface area contributed by atoms with Crippen LogP contribution in [0, 0.1) is 0 Å². The third-order valence-electron chi connectivity index (χ3n) is 5.82. The SMILES string of the molecule is O=C1C[C@@H](c2ccccc2OC(F)(F)F)c2c(cc(O)c3c(=O)c(O)c(-c4ccc(O)c(O)c4)oc23)O1. The molecule has 0 saturated carbocycles. The van der Waals surface area contributed by atoms with Crippen LogP contribution < -0.4 is 14.9 Å². The zero-order valence-electron chi connectivity index (χ0n) is 18.4. The highest BCUT2D eigenvalue weighted by atomic mass is 19.4. The minimum Gasteiger partial charge on any atom is -0.507 e. The van der Waals surface area contributed by atoms with Crippen LogP contribution in [0.15, 0.2) is 57.7 Å². The number of fused-ring (bicyclic) bond motifs is 3. The Morgan fingerprint density at radius 1 is 0.919 bits per heavy atom. The van der Waals surface area contributed by atoms with Crippen molar-refractivity contribution in [2.45, 2.75) is 18.7 Å². The molecule has 3 aromatic carbocycles.